The standard InChI is InChI=1S/C14H26N4O2/c1-11-4-5-15-13(11)14(20)18-8-6-17(7-9-18)12(19)10-16(2)3/h11,13,15H,4-10H2,1-3H3. The first-order valence-corrected chi connectivity index (χ1v) is 7.43. The lowest BCUT2D eigenvalue weighted by atomic mass is 10.0. The van der Waals surface area contributed by atoms with E-state index in [1.807, 2.05) is 28.8 Å². The fourth-order valence-electron chi connectivity index (χ4n) is 2.91. The predicted octanol–water partition coefficient (Wildman–Crippen LogP) is -0.783. The lowest BCUT2D eigenvalue weighted by Crippen LogP contribution is -2.55. The highest BCUT2D eigenvalue weighted by Crippen LogP contribution is 2.17. The molecule has 114 valence electrons. The van der Waals surface area contributed by atoms with Gasteiger partial charge in [-0.3, -0.25) is 9.59 Å². The first-order valence-electron chi connectivity index (χ1n) is 7.43. The normalized spacial score (nSPS) is 27.2. The van der Waals surface area contributed by atoms with E-state index in [0.29, 0.717) is 38.6 Å². The van der Waals surface area contributed by atoms with Crippen LogP contribution in [0.1, 0.15) is 13.3 Å². The Morgan fingerprint density at radius 1 is 1.15 bits per heavy atom. The van der Waals surface area contributed by atoms with Crippen molar-refractivity contribution in [2.75, 3.05) is 53.4 Å². The summed E-state index contributed by atoms with van der Waals surface area (Å²) in [6.45, 7) is 6.11. The van der Waals surface area contributed by atoms with E-state index in [4.69, 9.17) is 0 Å². The zero-order valence-electron chi connectivity index (χ0n) is 12.8. The van der Waals surface area contributed by atoms with Gasteiger partial charge in [-0.25, -0.2) is 0 Å². The van der Waals surface area contributed by atoms with Crippen LogP contribution in [-0.4, -0.2) is 85.9 Å². The molecule has 0 aromatic heterocycles. The molecule has 2 unspecified atom stereocenters. The maximum absolute atomic E-state index is 12.4. The molecule has 0 aromatic carbocycles. The molecule has 6 nitrogen and oxygen atoms in total. The van der Waals surface area contributed by atoms with Crippen LogP contribution < -0.4 is 5.32 Å². The lowest BCUT2D eigenvalue weighted by Gasteiger charge is -2.36. The molecule has 2 saturated heterocycles. The molecule has 20 heavy (non-hydrogen) atoms. The Morgan fingerprint density at radius 2 is 1.75 bits per heavy atom. The second kappa shape index (κ2) is 6.54. The van der Waals surface area contributed by atoms with Crippen molar-refractivity contribution in [3.63, 3.8) is 0 Å². The molecule has 2 amide bonds. The minimum Gasteiger partial charge on any atom is -0.338 e. The van der Waals surface area contributed by atoms with Gasteiger partial charge in [0.2, 0.25) is 11.8 Å². The van der Waals surface area contributed by atoms with Gasteiger partial charge in [0.1, 0.15) is 0 Å². The van der Waals surface area contributed by atoms with Crippen LogP contribution in [-0.2, 0) is 9.59 Å². The molecule has 0 radical (unpaired) electrons. The molecule has 6 heteroatoms. The van der Waals surface area contributed by atoms with E-state index in [-0.39, 0.29) is 17.9 Å². The van der Waals surface area contributed by atoms with Gasteiger partial charge in [-0.2, -0.15) is 0 Å². The smallest absolute Gasteiger partial charge is 0.240 e. The monoisotopic (exact) mass is 282 g/mol. The first kappa shape index (κ1) is 15.3. The Labute approximate surface area is 121 Å². The number of carbonyl (C=O) groups excluding carboxylic acids is 2. The Kier molecular flexibility index (Phi) is 4.99. The van der Waals surface area contributed by atoms with Crippen molar-refractivity contribution in [1.29, 1.82) is 0 Å². The van der Waals surface area contributed by atoms with Crippen molar-refractivity contribution in [2.45, 2.75) is 19.4 Å². The second-order valence-electron chi connectivity index (χ2n) is 6.14. The topological polar surface area (TPSA) is 55.9 Å². The van der Waals surface area contributed by atoms with Crippen LogP contribution in [0.5, 0.6) is 0 Å². The number of nitrogens with one attached hydrogen (secondary N) is 1. The third-order valence-electron chi connectivity index (χ3n) is 4.19. The Balaban J connectivity index is 1.82. The van der Waals surface area contributed by atoms with Crippen LogP contribution in [0.2, 0.25) is 0 Å². The summed E-state index contributed by atoms with van der Waals surface area (Å²) in [5, 5.41) is 3.29. The summed E-state index contributed by atoms with van der Waals surface area (Å²) in [5.74, 6) is 0.764. The van der Waals surface area contributed by atoms with E-state index in [2.05, 4.69) is 12.2 Å². The van der Waals surface area contributed by atoms with Crippen LogP contribution >= 0.6 is 0 Å². The van der Waals surface area contributed by atoms with Gasteiger partial charge in [0.15, 0.2) is 0 Å². The fraction of sp³-hybridized carbons (Fsp3) is 0.857. The van der Waals surface area contributed by atoms with E-state index in [0.717, 1.165) is 13.0 Å². The van der Waals surface area contributed by atoms with Crippen molar-refractivity contribution < 1.29 is 9.59 Å². The molecular weight excluding hydrogens is 256 g/mol. The summed E-state index contributed by atoms with van der Waals surface area (Å²) >= 11 is 0. The third kappa shape index (κ3) is 3.49. The van der Waals surface area contributed by atoms with Gasteiger partial charge in [0, 0.05) is 26.2 Å². The highest BCUT2D eigenvalue weighted by Gasteiger charge is 2.34. The molecule has 0 saturated carbocycles. The largest absolute Gasteiger partial charge is 0.338 e. The summed E-state index contributed by atoms with van der Waals surface area (Å²) in [5.41, 5.74) is 0. The fourth-order valence-corrected chi connectivity index (χ4v) is 2.91. The number of likely N-dealkylation sites (N-methyl/N-ethyl adjacent to an activating group) is 1. The molecule has 2 aliphatic heterocycles. The van der Waals surface area contributed by atoms with Crippen LogP contribution in [0.15, 0.2) is 0 Å². The van der Waals surface area contributed by atoms with Gasteiger partial charge in [-0.05, 0) is 33.0 Å². The molecule has 2 heterocycles. The minimum atomic E-state index is -0.0287. The maximum Gasteiger partial charge on any atom is 0.240 e. The van der Waals surface area contributed by atoms with Crippen molar-refractivity contribution in [2.24, 2.45) is 5.92 Å². The molecule has 0 spiro atoms. The molecule has 2 aliphatic rings. The Bertz CT molecular complexity index is 364. The van der Waals surface area contributed by atoms with Crippen LogP contribution in [0.25, 0.3) is 0 Å². The molecule has 1 N–H and O–H groups in total. The van der Waals surface area contributed by atoms with Gasteiger partial charge in [0.05, 0.1) is 12.6 Å². The second-order valence-corrected chi connectivity index (χ2v) is 6.14. The Morgan fingerprint density at radius 3 is 2.25 bits per heavy atom. The summed E-state index contributed by atoms with van der Waals surface area (Å²) in [6, 6.07) is -0.0287. The average Bonchev–Trinajstić information content (AvgIpc) is 2.83. The summed E-state index contributed by atoms with van der Waals surface area (Å²) in [7, 11) is 3.79. The zero-order chi connectivity index (χ0) is 14.7. The van der Waals surface area contributed by atoms with Crippen LogP contribution in [0, 0.1) is 5.92 Å². The quantitative estimate of drug-likeness (QED) is 0.737. The molecule has 0 aromatic rings. The predicted molar refractivity (Wildman–Crippen MR) is 77.3 cm³/mol. The SMILES string of the molecule is CC1CCNC1C(=O)N1CCN(C(=O)CN(C)C)CC1. The van der Waals surface area contributed by atoms with Gasteiger partial charge in [-0.15, -0.1) is 0 Å². The summed E-state index contributed by atoms with van der Waals surface area (Å²) in [6.07, 6.45) is 1.07. The first-order chi connectivity index (χ1) is 9.49. The number of nitrogens with zero attached hydrogens (tertiary/aromatic N) is 3. The number of hydrogen-bond donors (Lipinski definition) is 1. The number of amides is 2. The van der Waals surface area contributed by atoms with E-state index in [1.54, 1.807) is 0 Å². The van der Waals surface area contributed by atoms with Crippen molar-refractivity contribution >= 4 is 11.8 Å². The van der Waals surface area contributed by atoms with E-state index >= 15 is 0 Å². The van der Waals surface area contributed by atoms with E-state index in [9.17, 15) is 9.59 Å². The number of hydrogen-bond acceptors (Lipinski definition) is 4. The molecule has 2 atom stereocenters. The molecule has 0 aliphatic carbocycles. The maximum atomic E-state index is 12.4. The van der Waals surface area contributed by atoms with Crippen molar-refractivity contribution in [3.8, 4) is 0 Å². The zero-order valence-corrected chi connectivity index (χ0v) is 12.8. The van der Waals surface area contributed by atoms with Gasteiger partial charge >= 0.3 is 0 Å². The molecular formula is C14H26N4O2. The van der Waals surface area contributed by atoms with Gasteiger partial charge < -0.3 is 20.0 Å². The molecule has 2 fully saturated rings. The number of carbonyl (C=O) groups is 2. The molecule has 2 rings (SSSR count). The third-order valence-corrected chi connectivity index (χ3v) is 4.19. The lowest BCUT2D eigenvalue weighted by molar-refractivity contribution is -0.141. The highest BCUT2D eigenvalue weighted by atomic mass is 16.2. The van der Waals surface area contributed by atoms with Gasteiger partial charge in [-0.1, -0.05) is 6.92 Å². The molecule has 0 bridgehead atoms. The number of piperazine rings is 1. The minimum absolute atomic E-state index is 0.0287. The van der Waals surface area contributed by atoms with Crippen LogP contribution in [0.3, 0.4) is 0 Å². The Hall–Kier alpha value is -1.14. The summed E-state index contributed by atoms with van der Waals surface area (Å²) in [4.78, 5) is 30.0. The van der Waals surface area contributed by atoms with Crippen molar-refractivity contribution in [1.82, 2.24) is 20.0 Å². The van der Waals surface area contributed by atoms with Gasteiger partial charge in [0.25, 0.3) is 0 Å². The summed E-state index contributed by atoms with van der Waals surface area (Å²) < 4.78 is 0. The van der Waals surface area contributed by atoms with Crippen molar-refractivity contribution in [3.05, 3.63) is 0 Å². The van der Waals surface area contributed by atoms with E-state index < -0.39 is 0 Å². The average molecular weight is 282 g/mol. The van der Waals surface area contributed by atoms with E-state index in [1.165, 1.54) is 0 Å². The highest BCUT2D eigenvalue weighted by molar-refractivity contribution is 5.83. The number of rotatable bonds is 3. The van der Waals surface area contributed by atoms with Crippen LogP contribution in [0.4, 0.5) is 0 Å².